The second kappa shape index (κ2) is 12.0. The molecule has 2 aromatic heterocycles. The highest BCUT2D eigenvalue weighted by molar-refractivity contribution is 8.07. The fourth-order valence-electron chi connectivity index (χ4n) is 3.55. The van der Waals surface area contributed by atoms with E-state index in [9.17, 15) is 24.7 Å². The summed E-state index contributed by atoms with van der Waals surface area (Å²) in [7, 11) is 0. The summed E-state index contributed by atoms with van der Waals surface area (Å²) < 4.78 is 0.860. The monoisotopic (exact) mass is 624 g/mol. The molecule has 2 aromatic rings. The maximum atomic E-state index is 13.0. The average Bonchev–Trinajstić information content (AvgIpc) is 3.37. The van der Waals surface area contributed by atoms with Crippen LogP contribution in [0.1, 0.15) is 17.4 Å². The van der Waals surface area contributed by atoms with Gasteiger partial charge in [-0.05, 0) is 0 Å². The average molecular weight is 625 g/mol. The van der Waals surface area contributed by atoms with Crippen molar-refractivity contribution < 1.29 is 24.7 Å². The van der Waals surface area contributed by atoms with E-state index in [1.54, 1.807) is 11.8 Å². The Hall–Kier alpha value is -1.77. The second-order valence-electron chi connectivity index (χ2n) is 7.48. The lowest BCUT2D eigenvalue weighted by molar-refractivity contribution is -0.151. The molecule has 37 heavy (non-hydrogen) atoms. The molecular formula is C18H21ClN8O5S5. The van der Waals surface area contributed by atoms with Crippen molar-refractivity contribution in [1.82, 2.24) is 25.7 Å². The number of nitrogens with two attached hydrogens (primary N) is 3. The lowest BCUT2D eigenvalue weighted by Gasteiger charge is -2.49. The zero-order valence-corrected chi connectivity index (χ0v) is 23.5. The fraction of sp³-hybridized carbons (Fsp3) is 0.389. The Morgan fingerprint density at radius 3 is 2.62 bits per heavy atom. The number of aliphatic carboxylic acids is 1. The third-order valence-electron chi connectivity index (χ3n) is 5.12. The molecule has 10 N–H and O–H groups in total. The minimum absolute atomic E-state index is 0.0122. The van der Waals surface area contributed by atoms with Crippen LogP contribution in [0, 0.1) is 0 Å². The van der Waals surface area contributed by atoms with Crippen LogP contribution in [0.5, 0.6) is 0 Å². The molecule has 0 radical (unpaired) electrons. The second-order valence-corrected chi connectivity index (χ2v) is 13.7. The molecule has 0 aliphatic carbocycles. The minimum Gasteiger partial charge on any atom is -0.477 e. The maximum Gasteiger partial charge on any atom is 0.353 e. The number of anilines is 2. The van der Waals surface area contributed by atoms with Crippen molar-refractivity contribution in [2.45, 2.75) is 27.4 Å². The molecule has 3 atom stereocenters. The molecule has 4 rings (SSSR count). The topological polar surface area (TPSA) is 223 Å². The van der Waals surface area contributed by atoms with Gasteiger partial charge in [-0.2, -0.15) is 17.2 Å². The number of carboxylic acid groups (broad SMARTS) is 1. The van der Waals surface area contributed by atoms with Gasteiger partial charge in [0.25, 0.3) is 5.91 Å². The molecule has 2 amide bonds. The molecule has 1 fully saturated rings. The van der Waals surface area contributed by atoms with Crippen LogP contribution in [0.2, 0.25) is 4.34 Å². The number of β-lactam (4-membered cyclic amide) rings is 1. The molecule has 13 nitrogen and oxygen atoms in total. The van der Waals surface area contributed by atoms with Crippen LogP contribution in [0.15, 0.2) is 14.8 Å². The zero-order chi connectivity index (χ0) is 26.9. The molecule has 0 saturated carbocycles. The Morgan fingerprint density at radius 2 is 2.00 bits per heavy atom. The molecule has 0 spiro atoms. The largest absolute Gasteiger partial charge is 0.477 e. The number of amides is 2. The number of carbonyl (C=O) groups excluding carboxylic acids is 2. The number of nitrogen functional groups attached to an aromatic ring is 2. The first kappa shape index (κ1) is 28.2. The molecule has 0 bridgehead atoms. The fourth-order valence-corrected chi connectivity index (χ4v) is 9.11. The molecule has 4 heterocycles. The Morgan fingerprint density at radius 1 is 1.27 bits per heavy atom. The first-order chi connectivity index (χ1) is 17.7. The van der Waals surface area contributed by atoms with Gasteiger partial charge in [0.05, 0.1) is 9.90 Å². The van der Waals surface area contributed by atoms with Gasteiger partial charge in [0.15, 0.2) is 16.3 Å². The summed E-state index contributed by atoms with van der Waals surface area (Å²) in [6.07, 6.45) is 0. The molecule has 2 aliphatic heterocycles. The van der Waals surface area contributed by atoms with E-state index >= 15 is 0 Å². The summed E-state index contributed by atoms with van der Waals surface area (Å²) in [6.45, 7) is 0.522. The van der Waals surface area contributed by atoms with E-state index in [2.05, 4.69) is 15.3 Å². The Kier molecular flexibility index (Phi) is 9.13. The summed E-state index contributed by atoms with van der Waals surface area (Å²) in [5.74, 6) is -1.02. The molecule has 1 unspecified atom stereocenters. The van der Waals surface area contributed by atoms with Crippen molar-refractivity contribution in [3.8, 4) is 0 Å². The Balaban J connectivity index is 1.51. The quantitative estimate of drug-likeness (QED) is 0.106. The first-order valence-electron chi connectivity index (χ1n) is 10.4. The van der Waals surface area contributed by atoms with Crippen molar-refractivity contribution >= 4 is 97.6 Å². The molecule has 200 valence electrons. The van der Waals surface area contributed by atoms with Gasteiger partial charge >= 0.3 is 5.97 Å². The van der Waals surface area contributed by atoms with E-state index < -0.39 is 35.2 Å². The summed E-state index contributed by atoms with van der Waals surface area (Å²) >= 11 is 12.3. The number of fused-ring (bicyclic) bond motifs is 1. The van der Waals surface area contributed by atoms with Crippen molar-refractivity contribution in [1.29, 1.82) is 0 Å². The van der Waals surface area contributed by atoms with Crippen LogP contribution < -0.4 is 28.0 Å². The molecule has 2 aliphatic rings. The van der Waals surface area contributed by atoms with Crippen LogP contribution in [-0.2, 0) is 20.1 Å². The van der Waals surface area contributed by atoms with Crippen LogP contribution in [0.25, 0.3) is 0 Å². The summed E-state index contributed by atoms with van der Waals surface area (Å²) in [6, 6.07) is -2.38. The van der Waals surface area contributed by atoms with Crippen molar-refractivity contribution in [2.75, 3.05) is 29.5 Å². The minimum atomic E-state index is -1.37. The Labute approximate surface area is 235 Å². The number of carboxylic acids is 1. The number of halogens is 1. The van der Waals surface area contributed by atoms with Gasteiger partial charge < -0.3 is 32.8 Å². The third-order valence-corrected chi connectivity index (χ3v) is 10.9. The first-order valence-corrected chi connectivity index (χ1v) is 15.4. The number of hydroxylamine groups is 1. The van der Waals surface area contributed by atoms with E-state index in [1.165, 1.54) is 34.9 Å². The van der Waals surface area contributed by atoms with Gasteiger partial charge in [0, 0.05) is 28.7 Å². The van der Waals surface area contributed by atoms with Gasteiger partial charge in [-0.15, -0.1) is 11.8 Å². The van der Waals surface area contributed by atoms with E-state index in [-0.39, 0.29) is 26.6 Å². The normalized spacial score (nSPS) is 20.0. The third kappa shape index (κ3) is 5.81. The smallest absolute Gasteiger partial charge is 0.353 e. The van der Waals surface area contributed by atoms with Crippen LogP contribution in [-0.4, -0.2) is 72.4 Å². The van der Waals surface area contributed by atoms with Crippen LogP contribution >= 0.6 is 69.6 Å². The highest BCUT2D eigenvalue weighted by Gasteiger charge is 2.55. The predicted molar refractivity (Wildman–Crippen MR) is 146 cm³/mol. The van der Waals surface area contributed by atoms with Gasteiger partial charge in [0.2, 0.25) is 5.91 Å². The Bertz CT molecular complexity index is 1260. The summed E-state index contributed by atoms with van der Waals surface area (Å²) in [5.41, 5.74) is 19.5. The number of thioether (sulfide) groups is 3. The van der Waals surface area contributed by atoms with Crippen LogP contribution in [0.4, 0.5) is 10.3 Å². The van der Waals surface area contributed by atoms with E-state index in [1.807, 2.05) is 5.48 Å². The number of rotatable bonds is 11. The lowest BCUT2D eigenvalue weighted by atomic mass is 10.0. The van der Waals surface area contributed by atoms with Gasteiger partial charge in [0.1, 0.15) is 27.1 Å². The number of hydrogen-bond acceptors (Lipinski definition) is 15. The van der Waals surface area contributed by atoms with E-state index in [0.717, 1.165) is 31.9 Å². The number of aromatic nitrogens is 2. The van der Waals surface area contributed by atoms with Crippen molar-refractivity contribution in [3.63, 3.8) is 0 Å². The number of nitrogens with one attached hydrogen (secondary N) is 2. The zero-order valence-electron chi connectivity index (χ0n) is 18.7. The van der Waals surface area contributed by atoms with Crippen molar-refractivity contribution in [2.24, 2.45) is 5.73 Å². The molecular weight excluding hydrogens is 604 g/mol. The lowest BCUT2D eigenvalue weighted by Crippen LogP contribution is -2.71. The molecule has 0 aromatic carbocycles. The SMILES string of the molecule is NCCSCc1nc(N)sc1SC1=C(C(=O)O)N2C(=O)[C@@H](NC(=O)C(NO)c3nc(N)sc3Cl)[C@@H]2SC1. The predicted octanol–water partition coefficient (Wildman–Crippen LogP) is 1.12. The molecule has 1 saturated heterocycles. The summed E-state index contributed by atoms with van der Waals surface area (Å²) in [5, 5.41) is 21.8. The number of carbonyl (C=O) groups is 3. The highest BCUT2D eigenvalue weighted by atomic mass is 35.5. The van der Waals surface area contributed by atoms with Gasteiger partial charge in [-0.1, -0.05) is 46.0 Å². The number of nitrogens with zero attached hydrogens (tertiary/aromatic N) is 3. The number of thiazole rings is 2. The van der Waals surface area contributed by atoms with Crippen LogP contribution in [0.3, 0.4) is 0 Å². The standard InChI is InChI=1S/C18H21ClN8O5S5/c19-11-7(25-18(22)36-11)8(26-32)12(28)24-9-13(29)27-10(15(30)31)6(4-34-14(9)27)35-16-5(3-33-2-1-20)23-17(21)37-16/h8-9,14,26,32H,1-4,20H2,(H2,21,23)(H2,22,25)(H,24,28)(H,30,31)/t8?,9-,14+/m1/s1. The van der Waals surface area contributed by atoms with E-state index in [0.29, 0.717) is 22.3 Å². The van der Waals surface area contributed by atoms with Gasteiger partial charge in [-0.25, -0.2) is 14.8 Å². The highest BCUT2D eigenvalue weighted by Crippen LogP contribution is 2.47. The van der Waals surface area contributed by atoms with E-state index in [4.69, 9.17) is 28.8 Å². The maximum absolute atomic E-state index is 13.0. The molecule has 19 heteroatoms. The summed E-state index contributed by atoms with van der Waals surface area (Å²) in [4.78, 5) is 48.0. The van der Waals surface area contributed by atoms with Gasteiger partial charge in [-0.3, -0.25) is 14.5 Å². The van der Waals surface area contributed by atoms with Crippen molar-refractivity contribution in [3.05, 3.63) is 26.3 Å². The number of hydrogen-bond donors (Lipinski definition) is 7.